The predicted octanol–water partition coefficient (Wildman–Crippen LogP) is 2.32. The Balaban J connectivity index is 1.53. The number of ether oxygens (including phenoxy) is 2. The molecule has 1 heterocycles. The van der Waals surface area contributed by atoms with Crippen LogP contribution in [-0.4, -0.2) is 42.7 Å². The molecule has 2 atom stereocenters. The Labute approximate surface area is 155 Å². The van der Waals surface area contributed by atoms with Crippen molar-refractivity contribution in [3.63, 3.8) is 0 Å². The fourth-order valence-electron chi connectivity index (χ4n) is 2.91. The van der Waals surface area contributed by atoms with Gasteiger partial charge in [-0.05, 0) is 24.6 Å². The van der Waals surface area contributed by atoms with E-state index in [4.69, 9.17) is 14.6 Å². The molecule has 2 N–H and O–H groups in total. The van der Waals surface area contributed by atoms with E-state index in [0.717, 1.165) is 23.5 Å². The Hall–Kier alpha value is -2.61. The van der Waals surface area contributed by atoms with Gasteiger partial charge in [-0.2, -0.15) is 0 Å². The summed E-state index contributed by atoms with van der Waals surface area (Å²) < 4.78 is 10.6. The quantitative estimate of drug-likeness (QED) is 0.734. The molecule has 1 aliphatic rings. The summed E-state index contributed by atoms with van der Waals surface area (Å²) in [5.74, 6) is 0.500. The highest BCUT2D eigenvalue weighted by Gasteiger charge is 2.45. The first-order valence-corrected chi connectivity index (χ1v) is 9.08. The van der Waals surface area contributed by atoms with E-state index in [9.17, 15) is 9.59 Å². The third-order valence-corrected chi connectivity index (χ3v) is 5.28. The average molecular weight is 376 g/mol. The highest BCUT2D eigenvalue weighted by molar-refractivity contribution is 7.09. The van der Waals surface area contributed by atoms with Gasteiger partial charge in [0, 0.05) is 35.7 Å². The smallest absolute Gasteiger partial charge is 0.355 e. The lowest BCUT2D eigenvalue weighted by atomic mass is 10.1. The fourth-order valence-corrected chi connectivity index (χ4v) is 3.68. The molecule has 2 unspecified atom stereocenters. The summed E-state index contributed by atoms with van der Waals surface area (Å²) in [4.78, 5) is 27.2. The number of aromatic carboxylic acids is 1. The van der Waals surface area contributed by atoms with Crippen molar-refractivity contribution in [1.29, 1.82) is 0 Å². The van der Waals surface area contributed by atoms with Crippen LogP contribution in [0, 0.1) is 5.92 Å². The maximum atomic E-state index is 12.4. The number of carbonyl (C=O) groups excluding carboxylic acids is 1. The molecule has 26 heavy (non-hydrogen) atoms. The number of aromatic nitrogens is 1. The summed E-state index contributed by atoms with van der Waals surface area (Å²) in [5, 5.41) is 14.0. The normalized spacial score (nSPS) is 18.2. The van der Waals surface area contributed by atoms with Gasteiger partial charge in [0.2, 0.25) is 5.91 Å². The van der Waals surface area contributed by atoms with E-state index in [0.29, 0.717) is 18.0 Å². The Morgan fingerprint density at radius 1 is 1.35 bits per heavy atom. The summed E-state index contributed by atoms with van der Waals surface area (Å²) in [6.07, 6.45) is 1.29. The molecule has 0 saturated heterocycles. The molecule has 1 aromatic carbocycles. The van der Waals surface area contributed by atoms with Crippen LogP contribution in [0.15, 0.2) is 23.6 Å². The Morgan fingerprint density at radius 3 is 2.81 bits per heavy atom. The van der Waals surface area contributed by atoms with Crippen molar-refractivity contribution in [3.8, 4) is 11.5 Å². The van der Waals surface area contributed by atoms with Gasteiger partial charge in [0.05, 0.1) is 19.2 Å². The molecule has 1 fully saturated rings. The fraction of sp³-hybridized carbons (Fsp3) is 0.389. The molecule has 0 spiro atoms. The van der Waals surface area contributed by atoms with E-state index >= 15 is 0 Å². The second kappa shape index (κ2) is 7.74. The number of thiazole rings is 1. The minimum Gasteiger partial charge on any atom is -0.497 e. The zero-order valence-electron chi connectivity index (χ0n) is 14.5. The van der Waals surface area contributed by atoms with Crippen molar-refractivity contribution in [2.24, 2.45) is 5.92 Å². The number of rotatable bonds is 8. The molecule has 0 aliphatic heterocycles. The largest absolute Gasteiger partial charge is 0.497 e. The van der Waals surface area contributed by atoms with Gasteiger partial charge in [-0.25, -0.2) is 9.78 Å². The van der Waals surface area contributed by atoms with E-state index in [-0.39, 0.29) is 23.4 Å². The van der Waals surface area contributed by atoms with E-state index in [1.54, 1.807) is 14.2 Å². The number of carboxylic acids is 1. The number of benzene rings is 1. The topological polar surface area (TPSA) is 97.8 Å². The van der Waals surface area contributed by atoms with Crippen molar-refractivity contribution in [2.75, 3.05) is 20.8 Å². The molecule has 0 radical (unpaired) electrons. The van der Waals surface area contributed by atoms with Gasteiger partial charge < -0.3 is 19.9 Å². The molecule has 1 aliphatic carbocycles. The van der Waals surface area contributed by atoms with Crippen molar-refractivity contribution in [2.45, 2.75) is 18.8 Å². The Bertz CT molecular complexity index is 820. The average Bonchev–Trinajstić information content (AvgIpc) is 3.31. The van der Waals surface area contributed by atoms with Gasteiger partial charge in [0.25, 0.3) is 0 Å². The lowest BCUT2D eigenvalue weighted by Crippen LogP contribution is -2.27. The molecule has 1 aromatic heterocycles. The molecule has 1 saturated carbocycles. The summed E-state index contributed by atoms with van der Waals surface area (Å²) in [6, 6.07) is 5.60. The third kappa shape index (κ3) is 3.96. The van der Waals surface area contributed by atoms with Crippen LogP contribution in [0.3, 0.4) is 0 Å². The number of carbonyl (C=O) groups is 2. The van der Waals surface area contributed by atoms with Crippen LogP contribution in [0.4, 0.5) is 0 Å². The van der Waals surface area contributed by atoms with Crippen LogP contribution in [0.5, 0.6) is 11.5 Å². The number of methoxy groups -OCH3 is 2. The van der Waals surface area contributed by atoms with Crippen molar-refractivity contribution in [3.05, 3.63) is 39.8 Å². The maximum Gasteiger partial charge on any atom is 0.355 e. The predicted molar refractivity (Wildman–Crippen MR) is 96.2 cm³/mol. The molecule has 0 bridgehead atoms. The van der Waals surface area contributed by atoms with Crippen molar-refractivity contribution in [1.82, 2.24) is 10.3 Å². The van der Waals surface area contributed by atoms with E-state index < -0.39 is 5.97 Å². The maximum absolute atomic E-state index is 12.4. The lowest BCUT2D eigenvalue weighted by Gasteiger charge is -2.10. The Morgan fingerprint density at radius 2 is 2.15 bits per heavy atom. The number of hydrogen-bond donors (Lipinski definition) is 2. The van der Waals surface area contributed by atoms with Crippen LogP contribution < -0.4 is 14.8 Å². The molecule has 7 nitrogen and oxygen atoms in total. The van der Waals surface area contributed by atoms with E-state index in [1.165, 1.54) is 16.7 Å². The highest BCUT2D eigenvalue weighted by atomic mass is 32.1. The number of nitrogens with one attached hydrogen (secondary N) is 1. The highest BCUT2D eigenvalue weighted by Crippen LogP contribution is 2.51. The van der Waals surface area contributed by atoms with Gasteiger partial charge in [-0.1, -0.05) is 0 Å². The molecule has 8 heteroatoms. The second-order valence-corrected chi connectivity index (χ2v) is 6.97. The van der Waals surface area contributed by atoms with E-state index in [1.807, 2.05) is 18.2 Å². The van der Waals surface area contributed by atoms with Crippen LogP contribution in [0.25, 0.3) is 0 Å². The molecule has 3 rings (SSSR count). The van der Waals surface area contributed by atoms with Crippen LogP contribution >= 0.6 is 11.3 Å². The number of hydrogen-bond acceptors (Lipinski definition) is 6. The molecule has 138 valence electrons. The van der Waals surface area contributed by atoms with Gasteiger partial charge >= 0.3 is 5.97 Å². The summed E-state index contributed by atoms with van der Waals surface area (Å²) >= 11 is 1.29. The number of nitrogens with zero attached hydrogens (tertiary/aromatic N) is 1. The SMILES string of the molecule is COc1ccc(OC)c(C2CC2C(=O)NCCc2nc(C(=O)O)cs2)c1. The summed E-state index contributed by atoms with van der Waals surface area (Å²) in [5.41, 5.74) is 1.03. The minimum atomic E-state index is -1.04. The first-order valence-electron chi connectivity index (χ1n) is 8.20. The number of carboxylic acid groups (broad SMARTS) is 1. The monoisotopic (exact) mass is 376 g/mol. The zero-order chi connectivity index (χ0) is 18.7. The summed E-state index contributed by atoms with van der Waals surface area (Å²) in [7, 11) is 3.22. The van der Waals surface area contributed by atoms with Crippen molar-refractivity contribution < 1.29 is 24.2 Å². The van der Waals surface area contributed by atoms with Crippen LogP contribution in [-0.2, 0) is 11.2 Å². The standard InChI is InChI=1S/C18H20N2O5S/c1-24-10-3-4-15(25-2)12(7-10)11-8-13(11)17(21)19-6-5-16-20-14(9-26-16)18(22)23/h3-4,7,9,11,13H,5-6,8H2,1-2H3,(H,19,21)(H,22,23). The first-order chi connectivity index (χ1) is 12.5. The third-order valence-electron chi connectivity index (χ3n) is 4.37. The second-order valence-electron chi connectivity index (χ2n) is 6.03. The minimum absolute atomic E-state index is 0.00473. The van der Waals surface area contributed by atoms with Gasteiger partial charge in [-0.15, -0.1) is 11.3 Å². The van der Waals surface area contributed by atoms with Gasteiger partial charge in [0.1, 0.15) is 11.5 Å². The van der Waals surface area contributed by atoms with Crippen LogP contribution in [0.1, 0.15) is 33.4 Å². The van der Waals surface area contributed by atoms with Gasteiger partial charge in [0.15, 0.2) is 5.69 Å². The van der Waals surface area contributed by atoms with E-state index in [2.05, 4.69) is 10.3 Å². The van der Waals surface area contributed by atoms with Gasteiger partial charge in [-0.3, -0.25) is 4.79 Å². The van der Waals surface area contributed by atoms with Crippen LogP contribution in [0.2, 0.25) is 0 Å². The molecular weight excluding hydrogens is 356 g/mol. The molecular formula is C18H20N2O5S. The Kier molecular flexibility index (Phi) is 5.41. The number of amides is 1. The summed E-state index contributed by atoms with van der Waals surface area (Å²) in [6.45, 7) is 0.434. The first kappa shape index (κ1) is 18.2. The molecule has 2 aromatic rings. The zero-order valence-corrected chi connectivity index (χ0v) is 15.3. The van der Waals surface area contributed by atoms with Crippen molar-refractivity contribution >= 4 is 23.2 Å². The molecule has 1 amide bonds. The lowest BCUT2D eigenvalue weighted by molar-refractivity contribution is -0.122.